The largest absolute Gasteiger partial charge is 0.390 e. The van der Waals surface area contributed by atoms with Crippen molar-refractivity contribution >= 4 is 55.0 Å². The van der Waals surface area contributed by atoms with Gasteiger partial charge in [-0.2, -0.15) is 0 Å². The summed E-state index contributed by atoms with van der Waals surface area (Å²) in [5.41, 5.74) is 0. The molecule has 2 heterocycles. The van der Waals surface area contributed by atoms with E-state index in [-0.39, 0.29) is 37.7 Å². The van der Waals surface area contributed by atoms with Crippen LogP contribution in [0.25, 0.3) is 0 Å². The van der Waals surface area contributed by atoms with Gasteiger partial charge >= 0.3 is 0 Å². The van der Waals surface area contributed by atoms with Gasteiger partial charge in [-0.25, -0.2) is 9.97 Å². The fraction of sp³-hybridized carbons (Fsp3) is 0.455. The van der Waals surface area contributed by atoms with Gasteiger partial charge in [-0.05, 0) is 58.7 Å². The van der Waals surface area contributed by atoms with Crippen molar-refractivity contribution in [3.8, 4) is 0 Å². The summed E-state index contributed by atoms with van der Waals surface area (Å²) >= 11 is 0. The molecule has 12 heteroatoms. The van der Waals surface area contributed by atoms with Crippen LogP contribution in [0.5, 0.6) is 0 Å². The lowest BCUT2D eigenvalue weighted by molar-refractivity contribution is -0.121. The van der Waals surface area contributed by atoms with E-state index < -0.39 is 12.2 Å². The zero-order valence-corrected chi connectivity index (χ0v) is 21.9. The SMILES string of the molecule is O=C(CCSSc1ccccn1)NCCC(O)C(O)CCNC(=O)CCSSc1ccccn1. The Labute approximate surface area is 216 Å². The molecular weight excluding hydrogens is 513 g/mol. The van der Waals surface area contributed by atoms with Crippen molar-refractivity contribution in [3.63, 3.8) is 0 Å². The van der Waals surface area contributed by atoms with Crippen molar-refractivity contribution in [2.24, 2.45) is 0 Å². The highest BCUT2D eigenvalue weighted by atomic mass is 33.1. The van der Waals surface area contributed by atoms with Crippen LogP contribution in [0.3, 0.4) is 0 Å². The number of amides is 2. The third-order valence-corrected chi connectivity index (χ3v) is 8.89. The van der Waals surface area contributed by atoms with Gasteiger partial charge in [0.1, 0.15) is 10.1 Å². The molecule has 0 aliphatic heterocycles. The maximum atomic E-state index is 11.9. The number of nitrogens with zero attached hydrogens (tertiary/aromatic N) is 2. The molecule has 4 N–H and O–H groups in total. The first kappa shape index (κ1) is 28.8. The number of rotatable bonds is 17. The number of hydrogen-bond donors (Lipinski definition) is 4. The summed E-state index contributed by atoms with van der Waals surface area (Å²) in [6, 6.07) is 11.4. The summed E-state index contributed by atoms with van der Waals surface area (Å²) < 4.78 is 0. The Bertz CT molecular complexity index is 767. The predicted molar refractivity (Wildman–Crippen MR) is 142 cm³/mol. The Morgan fingerprint density at radius 3 is 1.59 bits per heavy atom. The Morgan fingerprint density at radius 2 is 1.21 bits per heavy atom. The van der Waals surface area contributed by atoms with E-state index in [1.54, 1.807) is 34.0 Å². The summed E-state index contributed by atoms with van der Waals surface area (Å²) in [7, 11) is 6.17. The molecule has 2 amide bonds. The van der Waals surface area contributed by atoms with Crippen LogP contribution in [-0.2, 0) is 9.59 Å². The normalized spacial score (nSPS) is 12.6. The predicted octanol–water partition coefficient (Wildman–Crippen LogP) is 3.17. The van der Waals surface area contributed by atoms with Crippen LogP contribution in [0, 0.1) is 0 Å². The van der Waals surface area contributed by atoms with Gasteiger partial charge in [-0.1, -0.05) is 33.7 Å². The second-order valence-corrected chi connectivity index (χ2v) is 11.9. The molecule has 2 aromatic rings. The van der Waals surface area contributed by atoms with Crippen LogP contribution in [0.2, 0.25) is 0 Å². The highest BCUT2D eigenvalue weighted by Crippen LogP contribution is 2.29. The monoisotopic (exact) mass is 542 g/mol. The van der Waals surface area contributed by atoms with E-state index in [1.807, 2.05) is 36.4 Å². The van der Waals surface area contributed by atoms with E-state index in [0.717, 1.165) is 10.1 Å². The molecule has 2 rings (SSSR count). The highest BCUT2D eigenvalue weighted by Gasteiger charge is 2.16. The smallest absolute Gasteiger partial charge is 0.220 e. The maximum absolute atomic E-state index is 11.9. The highest BCUT2D eigenvalue weighted by molar-refractivity contribution is 8.77. The lowest BCUT2D eigenvalue weighted by Crippen LogP contribution is -2.35. The summed E-state index contributed by atoms with van der Waals surface area (Å²) in [5.74, 6) is 1.11. The second kappa shape index (κ2) is 17.9. The first-order valence-electron chi connectivity index (χ1n) is 10.8. The molecule has 2 atom stereocenters. The maximum Gasteiger partial charge on any atom is 0.220 e. The number of aliphatic hydroxyl groups excluding tert-OH is 2. The lowest BCUT2D eigenvalue weighted by atomic mass is 10.1. The van der Waals surface area contributed by atoms with Crippen LogP contribution in [0.4, 0.5) is 0 Å². The molecular formula is C22H30N4O4S4. The average Bonchev–Trinajstić information content (AvgIpc) is 2.85. The Kier molecular flexibility index (Phi) is 15.2. The topological polar surface area (TPSA) is 124 Å². The minimum atomic E-state index is -0.961. The minimum absolute atomic E-state index is 0.0952. The van der Waals surface area contributed by atoms with Gasteiger partial charge in [0, 0.05) is 49.8 Å². The zero-order valence-electron chi connectivity index (χ0n) is 18.7. The van der Waals surface area contributed by atoms with E-state index in [9.17, 15) is 19.8 Å². The van der Waals surface area contributed by atoms with E-state index in [2.05, 4.69) is 20.6 Å². The lowest BCUT2D eigenvalue weighted by Gasteiger charge is -2.18. The van der Waals surface area contributed by atoms with Gasteiger partial charge in [-0.15, -0.1) is 0 Å². The summed E-state index contributed by atoms with van der Waals surface area (Å²) in [6.07, 6.45) is 2.77. The summed E-state index contributed by atoms with van der Waals surface area (Å²) in [6.45, 7) is 0.569. The Morgan fingerprint density at radius 1 is 0.765 bits per heavy atom. The third kappa shape index (κ3) is 13.4. The second-order valence-electron chi connectivity index (χ2n) is 7.06. The number of pyridine rings is 2. The number of carbonyl (C=O) groups excluding carboxylic acids is 2. The molecule has 0 aliphatic rings. The van der Waals surface area contributed by atoms with Crippen LogP contribution < -0.4 is 10.6 Å². The van der Waals surface area contributed by atoms with Crippen LogP contribution in [0.1, 0.15) is 25.7 Å². The number of carbonyl (C=O) groups is 2. The van der Waals surface area contributed by atoms with Crippen molar-refractivity contribution in [1.29, 1.82) is 0 Å². The fourth-order valence-corrected chi connectivity index (χ4v) is 6.28. The van der Waals surface area contributed by atoms with Gasteiger partial charge in [-0.3, -0.25) is 9.59 Å². The van der Waals surface area contributed by atoms with Gasteiger partial charge < -0.3 is 20.8 Å². The van der Waals surface area contributed by atoms with E-state index in [0.29, 0.717) is 24.3 Å². The molecule has 2 aromatic heterocycles. The molecule has 2 unspecified atom stereocenters. The van der Waals surface area contributed by atoms with Crippen molar-refractivity contribution in [1.82, 2.24) is 20.6 Å². The van der Waals surface area contributed by atoms with Crippen LogP contribution in [-0.4, -0.2) is 68.8 Å². The third-order valence-electron chi connectivity index (χ3n) is 4.36. The van der Waals surface area contributed by atoms with Gasteiger partial charge in [0.05, 0.1) is 12.2 Å². The number of aromatic nitrogens is 2. The van der Waals surface area contributed by atoms with Crippen molar-refractivity contribution in [3.05, 3.63) is 48.8 Å². The van der Waals surface area contributed by atoms with Gasteiger partial charge in [0.15, 0.2) is 0 Å². The molecule has 0 bridgehead atoms. The van der Waals surface area contributed by atoms with Crippen LogP contribution >= 0.6 is 43.2 Å². The molecule has 0 fully saturated rings. The number of hydrogen-bond acceptors (Lipinski definition) is 10. The average molecular weight is 543 g/mol. The Hall–Kier alpha value is -1.44. The molecule has 0 saturated heterocycles. The Balaban J connectivity index is 1.44. The number of aliphatic hydroxyl groups is 2. The first-order chi connectivity index (χ1) is 16.5. The van der Waals surface area contributed by atoms with E-state index >= 15 is 0 Å². The molecule has 0 radical (unpaired) electrons. The quantitative estimate of drug-likeness (QED) is 0.175. The molecule has 34 heavy (non-hydrogen) atoms. The van der Waals surface area contributed by atoms with E-state index in [1.165, 1.54) is 21.6 Å². The molecule has 8 nitrogen and oxygen atoms in total. The van der Waals surface area contributed by atoms with Crippen molar-refractivity contribution < 1.29 is 19.8 Å². The standard InChI is InChI=1S/C22H30N4O4S4/c27-17(7-13-23-19(29)9-15-31-33-21-5-1-3-11-25-21)18(28)8-14-24-20(30)10-16-32-34-22-6-2-4-12-26-22/h1-6,11-12,17-18,27-28H,7-10,13-16H2,(H,23,29)(H,24,30). The molecule has 186 valence electrons. The minimum Gasteiger partial charge on any atom is -0.390 e. The van der Waals surface area contributed by atoms with Crippen molar-refractivity contribution in [2.75, 3.05) is 24.6 Å². The van der Waals surface area contributed by atoms with Gasteiger partial charge in [0.25, 0.3) is 0 Å². The van der Waals surface area contributed by atoms with Gasteiger partial charge in [0.2, 0.25) is 11.8 Å². The first-order valence-corrected chi connectivity index (χ1v) is 15.5. The van der Waals surface area contributed by atoms with E-state index in [4.69, 9.17) is 0 Å². The summed E-state index contributed by atoms with van der Waals surface area (Å²) in [5, 5.41) is 27.5. The number of nitrogens with one attached hydrogen (secondary N) is 2. The molecule has 0 saturated carbocycles. The molecule has 0 aliphatic carbocycles. The molecule has 0 spiro atoms. The van der Waals surface area contributed by atoms with Crippen LogP contribution in [0.15, 0.2) is 58.8 Å². The zero-order chi connectivity index (χ0) is 24.4. The molecule has 0 aromatic carbocycles. The summed E-state index contributed by atoms with van der Waals surface area (Å²) in [4.78, 5) is 32.2. The van der Waals surface area contributed by atoms with Crippen molar-refractivity contribution in [2.45, 2.75) is 47.9 Å². The fourth-order valence-electron chi connectivity index (χ4n) is 2.55.